The Labute approximate surface area is 116 Å². The topological polar surface area (TPSA) is 84.2 Å². The molecule has 1 heterocycles. The molecule has 1 aromatic carbocycles. The number of amides is 2. The summed E-state index contributed by atoms with van der Waals surface area (Å²) in [5.41, 5.74) is 5.95. The zero-order chi connectivity index (χ0) is 14.0. The van der Waals surface area contributed by atoms with E-state index in [2.05, 4.69) is 10.6 Å². The van der Waals surface area contributed by atoms with E-state index in [-0.39, 0.29) is 28.5 Å². The monoisotopic (exact) mass is 281 g/mol. The highest BCUT2D eigenvalue weighted by molar-refractivity contribution is 6.34. The first kappa shape index (κ1) is 13.8. The minimum atomic E-state index is -0.614. The van der Waals surface area contributed by atoms with Crippen molar-refractivity contribution in [3.8, 4) is 0 Å². The highest BCUT2D eigenvalue weighted by Crippen LogP contribution is 2.22. The van der Waals surface area contributed by atoms with E-state index in [0.717, 1.165) is 13.0 Å². The highest BCUT2D eigenvalue weighted by atomic mass is 35.5. The van der Waals surface area contributed by atoms with Gasteiger partial charge < -0.3 is 16.4 Å². The van der Waals surface area contributed by atoms with Crippen LogP contribution in [-0.2, 0) is 4.79 Å². The van der Waals surface area contributed by atoms with Crippen LogP contribution in [0.2, 0.25) is 5.02 Å². The molecule has 102 valence electrons. The average Bonchev–Trinajstić information content (AvgIpc) is 2.77. The van der Waals surface area contributed by atoms with Crippen molar-refractivity contribution in [2.45, 2.75) is 19.4 Å². The first-order valence-electron chi connectivity index (χ1n) is 6.12. The third kappa shape index (κ3) is 3.05. The number of benzene rings is 1. The first-order valence-corrected chi connectivity index (χ1v) is 6.50. The fourth-order valence-electron chi connectivity index (χ4n) is 2.24. The molecule has 0 aromatic heterocycles. The molecule has 1 saturated heterocycles. The molecule has 1 fully saturated rings. The standard InChI is InChI=1S/C13H16ClN3O2/c1-7-9(4-5-16-7)13(19)17-8-2-3-11(14)10(6-8)12(15)18/h2-3,6-7,9,16H,4-5H2,1H3,(H2,15,18)(H,17,19). The van der Waals surface area contributed by atoms with Crippen LogP contribution in [0, 0.1) is 5.92 Å². The minimum absolute atomic E-state index is 0.0600. The number of nitrogens with two attached hydrogens (primary N) is 1. The van der Waals surface area contributed by atoms with Gasteiger partial charge in [-0.15, -0.1) is 0 Å². The van der Waals surface area contributed by atoms with Gasteiger partial charge in [-0.25, -0.2) is 0 Å². The molecule has 2 amide bonds. The van der Waals surface area contributed by atoms with Gasteiger partial charge in [-0.1, -0.05) is 11.6 Å². The fourth-order valence-corrected chi connectivity index (χ4v) is 2.45. The summed E-state index contributed by atoms with van der Waals surface area (Å²) in [7, 11) is 0. The number of rotatable bonds is 3. The largest absolute Gasteiger partial charge is 0.366 e. The second-order valence-electron chi connectivity index (χ2n) is 4.69. The zero-order valence-corrected chi connectivity index (χ0v) is 11.3. The van der Waals surface area contributed by atoms with Gasteiger partial charge in [-0.2, -0.15) is 0 Å². The van der Waals surface area contributed by atoms with Crippen molar-refractivity contribution in [1.82, 2.24) is 5.32 Å². The highest BCUT2D eigenvalue weighted by Gasteiger charge is 2.29. The van der Waals surface area contributed by atoms with Gasteiger partial charge in [0.1, 0.15) is 0 Å². The zero-order valence-electron chi connectivity index (χ0n) is 10.6. The lowest BCUT2D eigenvalue weighted by atomic mass is 10.0. The van der Waals surface area contributed by atoms with Crippen molar-refractivity contribution in [2.75, 3.05) is 11.9 Å². The van der Waals surface area contributed by atoms with Crippen LogP contribution in [0.1, 0.15) is 23.7 Å². The van der Waals surface area contributed by atoms with Crippen LogP contribution < -0.4 is 16.4 Å². The van der Waals surface area contributed by atoms with Gasteiger partial charge in [-0.05, 0) is 38.1 Å². The second kappa shape index (κ2) is 5.59. The van der Waals surface area contributed by atoms with E-state index in [4.69, 9.17) is 17.3 Å². The van der Waals surface area contributed by atoms with E-state index in [0.29, 0.717) is 5.69 Å². The van der Waals surface area contributed by atoms with E-state index in [1.54, 1.807) is 12.1 Å². The van der Waals surface area contributed by atoms with Crippen molar-refractivity contribution >= 4 is 29.1 Å². The molecule has 0 aliphatic carbocycles. The lowest BCUT2D eigenvalue weighted by Crippen LogP contribution is -2.32. The molecule has 2 atom stereocenters. The van der Waals surface area contributed by atoms with Crippen LogP contribution in [0.3, 0.4) is 0 Å². The Bertz CT molecular complexity index is 519. The van der Waals surface area contributed by atoms with Gasteiger partial charge >= 0.3 is 0 Å². The molecule has 0 saturated carbocycles. The van der Waals surface area contributed by atoms with Crippen LogP contribution in [0.25, 0.3) is 0 Å². The van der Waals surface area contributed by atoms with Crippen molar-refractivity contribution < 1.29 is 9.59 Å². The van der Waals surface area contributed by atoms with E-state index < -0.39 is 5.91 Å². The maximum absolute atomic E-state index is 12.1. The molecule has 5 nitrogen and oxygen atoms in total. The molecule has 0 spiro atoms. The van der Waals surface area contributed by atoms with Gasteiger partial charge in [0.05, 0.1) is 16.5 Å². The van der Waals surface area contributed by atoms with E-state index in [1.807, 2.05) is 6.92 Å². The molecule has 0 bridgehead atoms. The summed E-state index contributed by atoms with van der Waals surface area (Å²) in [5, 5.41) is 6.29. The molecule has 0 radical (unpaired) electrons. The lowest BCUT2D eigenvalue weighted by molar-refractivity contribution is -0.120. The van der Waals surface area contributed by atoms with Crippen LogP contribution >= 0.6 is 11.6 Å². The number of carbonyl (C=O) groups excluding carboxylic acids is 2. The molecule has 2 rings (SSSR count). The summed E-state index contributed by atoms with van der Waals surface area (Å²) in [6.07, 6.45) is 0.809. The normalized spacial score (nSPS) is 22.2. The molecule has 4 N–H and O–H groups in total. The van der Waals surface area contributed by atoms with Crippen molar-refractivity contribution in [3.63, 3.8) is 0 Å². The average molecular weight is 282 g/mol. The second-order valence-corrected chi connectivity index (χ2v) is 5.09. The number of carbonyl (C=O) groups is 2. The predicted octanol–water partition coefficient (Wildman–Crippen LogP) is 1.38. The smallest absolute Gasteiger partial charge is 0.250 e. The summed E-state index contributed by atoms with van der Waals surface area (Å²) in [5.74, 6) is -0.736. The third-order valence-corrected chi connectivity index (χ3v) is 3.69. The summed E-state index contributed by atoms with van der Waals surface area (Å²) in [6, 6.07) is 4.85. The fraction of sp³-hybridized carbons (Fsp3) is 0.385. The lowest BCUT2D eigenvalue weighted by Gasteiger charge is -2.15. The summed E-state index contributed by atoms with van der Waals surface area (Å²) in [6.45, 7) is 2.82. The molecule has 2 unspecified atom stereocenters. The molecule has 1 aromatic rings. The Hall–Kier alpha value is -1.59. The van der Waals surface area contributed by atoms with E-state index in [1.165, 1.54) is 6.07 Å². The maximum atomic E-state index is 12.1. The van der Waals surface area contributed by atoms with Crippen molar-refractivity contribution in [3.05, 3.63) is 28.8 Å². The van der Waals surface area contributed by atoms with Gasteiger partial charge in [0.2, 0.25) is 11.8 Å². The third-order valence-electron chi connectivity index (χ3n) is 3.36. The van der Waals surface area contributed by atoms with Gasteiger partial charge in [0.15, 0.2) is 0 Å². The first-order chi connectivity index (χ1) is 8.99. The molecule has 19 heavy (non-hydrogen) atoms. The Morgan fingerprint density at radius 2 is 2.21 bits per heavy atom. The Balaban J connectivity index is 2.13. The van der Waals surface area contributed by atoms with Crippen molar-refractivity contribution in [1.29, 1.82) is 0 Å². The predicted molar refractivity (Wildman–Crippen MR) is 74.2 cm³/mol. The SMILES string of the molecule is CC1NCCC1C(=O)Nc1ccc(Cl)c(C(N)=O)c1. The number of primary amides is 1. The van der Waals surface area contributed by atoms with Crippen molar-refractivity contribution in [2.24, 2.45) is 11.7 Å². The van der Waals surface area contributed by atoms with Gasteiger partial charge in [0.25, 0.3) is 0 Å². The van der Waals surface area contributed by atoms with Crippen LogP contribution in [0.15, 0.2) is 18.2 Å². The quantitative estimate of drug-likeness (QED) is 0.782. The van der Waals surface area contributed by atoms with Crippen LogP contribution in [0.5, 0.6) is 0 Å². The molecule has 1 aliphatic heterocycles. The molecular formula is C13H16ClN3O2. The molecular weight excluding hydrogens is 266 g/mol. The Kier molecular flexibility index (Phi) is 4.07. The van der Waals surface area contributed by atoms with Crippen LogP contribution in [-0.4, -0.2) is 24.4 Å². The molecule has 1 aliphatic rings. The number of halogens is 1. The number of nitrogens with one attached hydrogen (secondary N) is 2. The van der Waals surface area contributed by atoms with Gasteiger partial charge in [0, 0.05) is 11.7 Å². The van der Waals surface area contributed by atoms with E-state index >= 15 is 0 Å². The van der Waals surface area contributed by atoms with Gasteiger partial charge in [-0.3, -0.25) is 9.59 Å². The minimum Gasteiger partial charge on any atom is -0.366 e. The molecule has 6 heteroatoms. The summed E-state index contributed by atoms with van der Waals surface area (Å²) >= 11 is 5.85. The summed E-state index contributed by atoms with van der Waals surface area (Å²) < 4.78 is 0. The Morgan fingerprint density at radius 3 is 2.79 bits per heavy atom. The summed E-state index contributed by atoms with van der Waals surface area (Å²) in [4.78, 5) is 23.3. The number of anilines is 1. The number of hydrogen-bond acceptors (Lipinski definition) is 3. The number of hydrogen-bond donors (Lipinski definition) is 3. The maximum Gasteiger partial charge on any atom is 0.250 e. The Morgan fingerprint density at radius 1 is 1.47 bits per heavy atom. The van der Waals surface area contributed by atoms with E-state index in [9.17, 15) is 9.59 Å². The van der Waals surface area contributed by atoms with Crippen LogP contribution in [0.4, 0.5) is 5.69 Å².